The molecule has 0 unspecified atom stereocenters. The second-order valence-electron chi connectivity index (χ2n) is 3.54. The molecule has 0 saturated carbocycles. The van der Waals surface area contributed by atoms with E-state index >= 15 is 0 Å². The van der Waals surface area contributed by atoms with E-state index < -0.39 is 5.97 Å². The Kier molecular flexibility index (Phi) is 3.18. The number of aromatic nitrogens is 1. The monoisotopic (exact) mass is 248 g/mol. The van der Waals surface area contributed by atoms with Crippen molar-refractivity contribution in [1.29, 1.82) is 0 Å². The third-order valence-electron chi connectivity index (χ3n) is 2.60. The summed E-state index contributed by atoms with van der Waals surface area (Å²) >= 11 is 0. The highest BCUT2D eigenvalue weighted by Gasteiger charge is 2.18. The van der Waals surface area contributed by atoms with Gasteiger partial charge in [0, 0.05) is 11.5 Å². The van der Waals surface area contributed by atoms with Crippen LogP contribution in [0.5, 0.6) is 5.75 Å². The molecule has 1 heterocycles. The van der Waals surface area contributed by atoms with Gasteiger partial charge >= 0.3 is 5.97 Å². The maximum absolute atomic E-state index is 11.6. The van der Waals surface area contributed by atoms with Crippen molar-refractivity contribution in [2.24, 2.45) is 0 Å². The minimum atomic E-state index is -0.547. The van der Waals surface area contributed by atoms with E-state index in [0.29, 0.717) is 28.7 Å². The number of benzene rings is 1. The van der Waals surface area contributed by atoms with Gasteiger partial charge in [-0.15, -0.1) is 0 Å². The predicted octanol–water partition coefficient (Wildman–Crippen LogP) is 1.53. The summed E-state index contributed by atoms with van der Waals surface area (Å²) in [5.74, 6) is 0.104. The number of fused-ring (bicyclic) bond motifs is 1. The molecule has 0 spiro atoms. The first-order chi connectivity index (χ1) is 8.71. The van der Waals surface area contributed by atoms with Crippen LogP contribution in [0.1, 0.15) is 10.5 Å². The molecule has 1 aromatic carbocycles. The van der Waals surface area contributed by atoms with Crippen LogP contribution in [0.2, 0.25) is 0 Å². The fraction of sp³-hybridized carbons (Fsp3) is 0.167. The van der Waals surface area contributed by atoms with Crippen molar-refractivity contribution in [2.75, 3.05) is 19.5 Å². The van der Waals surface area contributed by atoms with Crippen LogP contribution < -0.4 is 10.1 Å². The van der Waals surface area contributed by atoms with E-state index in [1.165, 1.54) is 7.11 Å². The fourth-order valence-electron chi connectivity index (χ4n) is 1.77. The van der Waals surface area contributed by atoms with Crippen molar-refractivity contribution in [3.63, 3.8) is 0 Å². The molecule has 0 saturated heterocycles. The average Bonchev–Trinajstić information content (AvgIpc) is 2.76. The molecule has 6 nitrogen and oxygen atoms in total. The van der Waals surface area contributed by atoms with Gasteiger partial charge in [-0.3, -0.25) is 4.79 Å². The number of hydrogen-bond donors (Lipinski definition) is 2. The summed E-state index contributed by atoms with van der Waals surface area (Å²) in [7, 11) is 2.83. The zero-order valence-electron chi connectivity index (χ0n) is 9.94. The highest BCUT2D eigenvalue weighted by Crippen LogP contribution is 2.30. The number of H-pyrrole nitrogens is 1. The predicted molar refractivity (Wildman–Crippen MR) is 65.9 cm³/mol. The molecule has 1 amide bonds. The summed E-state index contributed by atoms with van der Waals surface area (Å²) in [5.41, 5.74) is 1.28. The van der Waals surface area contributed by atoms with Gasteiger partial charge in [0.05, 0.1) is 25.4 Å². The number of carbonyl (C=O) groups is 2. The summed E-state index contributed by atoms with van der Waals surface area (Å²) in [5, 5.41) is 3.21. The Morgan fingerprint density at radius 2 is 2.17 bits per heavy atom. The molecule has 0 bridgehead atoms. The first kappa shape index (κ1) is 12.0. The number of hydrogen-bond acceptors (Lipinski definition) is 4. The lowest BCUT2D eigenvalue weighted by molar-refractivity contribution is -0.105. The lowest BCUT2D eigenvalue weighted by atomic mass is 10.2. The number of rotatable bonds is 4. The van der Waals surface area contributed by atoms with Gasteiger partial charge in [-0.2, -0.15) is 0 Å². The van der Waals surface area contributed by atoms with Gasteiger partial charge in [-0.05, 0) is 12.1 Å². The number of anilines is 1. The zero-order chi connectivity index (χ0) is 13.1. The topological polar surface area (TPSA) is 80.4 Å². The minimum absolute atomic E-state index is 0.202. The molecule has 0 aliphatic carbocycles. The lowest BCUT2D eigenvalue weighted by Crippen LogP contribution is -2.06. The maximum Gasteiger partial charge on any atom is 0.356 e. The molecule has 18 heavy (non-hydrogen) atoms. The molecule has 0 aliphatic heterocycles. The quantitative estimate of drug-likeness (QED) is 0.635. The zero-order valence-corrected chi connectivity index (χ0v) is 9.94. The second kappa shape index (κ2) is 4.79. The third kappa shape index (κ3) is 1.88. The molecule has 0 fully saturated rings. The van der Waals surface area contributed by atoms with Gasteiger partial charge in [-0.1, -0.05) is 0 Å². The van der Waals surface area contributed by atoms with Crippen molar-refractivity contribution in [3.05, 3.63) is 23.9 Å². The van der Waals surface area contributed by atoms with E-state index in [0.717, 1.165) is 0 Å². The van der Waals surface area contributed by atoms with Gasteiger partial charge in [0.1, 0.15) is 11.4 Å². The Balaban J connectivity index is 2.65. The molecular formula is C12H12N2O4. The van der Waals surface area contributed by atoms with Gasteiger partial charge in [-0.25, -0.2) is 4.79 Å². The summed E-state index contributed by atoms with van der Waals surface area (Å²) in [6.45, 7) is 0. The van der Waals surface area contributed by atoms with Crippen LogP contribution in [0.15, 0.2) is 18.2 Å². The van der Waals surface area contributed by atoms with E-state index in [-0.39, 0.29) is 5.69 Å². The fourth-order valence-corrected chi connectivity index (χ4v) is 1.77. The summed E-state index contributed by atoms with van der Waals surface area (Å²) in [6, 6.07) is 5.23. The number of ether oxygens (including phenoxy) is 2. The van der Waals surface area contributed by atoms with Crippen LogP contribution in [0, 0.1) is 0 Å². The van der Waals surface area contributed by atoms with Gasteiger partial charge in [0.25, 0.3) is 0 Å². The molecule has 2 aromatic rings. The van der Waals surface area contributed by atoms with Crippen LogP contribution in [0.25, 0.3) is 10.9 Å². The summed E-state index contributed by atoms with van der Waals surface area (Å²) in [6.07, 6.45) is 0.513. The number of carbonyl (C=O) groups excluding carboxylic acids is 2. The lowest BCUT2D eigenvalue weighted by Gasteiger charge is -2.01. The number of esters is 1. The van der Waals surface area contributed by atoms with Crippen LogP contribution in [-0.2, 0) is 9.53 Å². The normalized spacial score (nSPS) is 10.1. The molecule has 2 rings (SSSR count). The second-order valence-corrected chi connectivity index (χ2v) is 3.54. The number of aromatic amines is 1. The molecule has 2 N–H and O–H groups in total. The largest absolute Gasteiger partial charge is 0.497 e. The molecular weight excluding hydrogens is 236 g/mol. The Bertz CT molecular complexity index is 603. The smallest absolute Gasteiger partial charge is 0.356 e. The van der Waals surface area contributed by atoms with Gasteiger partial charge in [0.15, 0.2) is 0 Å². The number of methoxy groups -OCH3 is 2. The standard InChI is InChI=1S/C12H12N2O4/c1-17-7-3-4-8-9(5-7)14-11(12(16)18-2)10(8)13-6-15/h3-6,14H,1-2H3,(H,13,15). The van der Waals surface area contributed by atoms with Crippen LogP contribution >= 0.6 is 0 Å². The van der Waals surface area contributed by atoms with Crippen LogP contribution in [-0.4, -0.2) is 31.6 Å². The van der Waals surface area contributed by atoms with Crippen molar-refractivity contribution in [1.82, 2.24) is 4.98 Å². The highest BCUT2D eigenvalue weighted by atomic mass is 16.5. The Labute approximate surface area is 103 Å². The Hall–Kier alpha value is -2.50. The van der Waals surface area contributed by atoms with E-state index in [1.807, 2.05) is 0 Å². The van der Waals surface area contributed by atoms with E-state index in [1.54, 1.807) is 25.3 Å². The van der Waals surface area contributed by atoms with Crippen molar-refractivity contribution in [3.8, 4) is 5.75 Å². The van der Waals surface area contributed by atoms with Crippen LogP contribution in [0.3, 0.4) is 0 Å². The third-order valence-corrected chi connectivity index (χ3v) is 2.60. The molecule has 1 aromatic heterocycles. The minimum Gasteiger partial charge on any atom is -0.497 e. The summed E-state index contributed by atoms with van der Waals surface area (Å²) in [4.78, 5) is 25.1. The van der Waals surface area contributed by atoms with Crippen LogP contribution in [0.4, 0.5) is 5.69 Å². The first-order valence-electron chi connectivity index (χ1n) is 5.19. The van der Waals surface area contributed by atoms with Gasteiger partial charge < -0.3 is 19.8 Å². The summed E-state index contributed by atoms with van der Waals surface area (Å²) < 4.78 is 9.74. The van der Waals surface area contributed by atoms with Crippen molar-refractivity contribution >= 4 is 29.0 Å². The molecule has 6 heteroatoms. The maximum atomic E-state index is 11.6. The Morgan fingerprint density at radius 3 is 2.78 bits per heavy atom. The molecule has 94 valence electrons. The van der Waals surface area contributed by atoms with E-state index in [2.05, 4.69) is 15.0 Å². The molecule has 0 atom stereocenters. The van der Waals surface area contributed by atoms with Crippen molar-refractivity contribution in [2.45, 2.75) is 0 Å². The average molecular weight is 248 g/mol. The Morgan fingerprint density at radius 1 is 1.39 bits per heavy atom. The van der Waals surface area contributed by atoms with E-state index in [9.17, 15) is 9.59 Å². The first-order valence-corrected chi connectivity index (χ1v) is 5.19. The SMILES string of the molecule is COC(=O)c1[nH]c2cc(OC)ccc2c1NC=O. The highest BCUT2D eigenvalue weighted by molar-refractivity contribution is 6.08. The van der Waals surface area contributed by atoms with Crippen molar-refractivity contribution < 1.29 is 19.1 Å². The number of nitrogens with one attached hydrogen (secondary N) is 2. The molecule has 0 radical (unpaired) electrons. The number of amides is 1. The molecule has 0 aliphatic rings. The van der Waals surface area contributed by atoms with Gasteiger partial charge in [0.2, 0.25) is 6.41 Å². The van der Waals surface area contributed by atoms with E-state index in [4.69, 9.17) is 4.74 Å².